The summed E-state index contributed by atoms with van der Waals surface area (Å²) in [7, 11) is 0. The maximum absolute atomic E-state index is 10.0. The van der Waals surface area contributed by atoms with Crippen molar-refractivity contribution in [1.29, 1.82) is 5.41 Å². The molecule has 0 amide bonds. The van der Waals surface area contributed by atoms with Gasteiger partial charge in [0.1, 0.15) is 16.4 Å². The number of benzene rings is 1. The van der Waals surface area contributed by atoms with Crippen molar-refractivity contribution in [2.24, 2.45) is 5.92 Å². The first kappa shape index (κ1) is 17.2. The highest BCUT2D eigenvalue weighted by molar-refractivity contribution is 9.10. The second-order valence-electron chi connectivity index (χ2n) is 6.10. The summed E-state index contributed by atoms with van der Waals surface area (Å²) in [6.45, 7) is 0.784. The van der Waals surface area contributed by atoms with Gasteiger partial charge in [0.25, 0.3) is 0 Å². The van der Waals surface area contributed by atoms with Crippen molar-refractivity contribution >= 4 is 44.0 Å². The number of hydrogen-bond acceptors (Lipinski definition) is 5. The van der Waals surface area contributed by atoms with Crippen LogP contribution in [0.25, 0.3) is 0 Å². The van der Waals surface area contributed by atoms with Crippen molar-refractivity contribution < 1.29 is 5.11 Å². The van der Waals surface area contributed by atoms with E-state index in [4.69, 9.17) is 5.41 Å². The predicted molar refractivity (Wildman–Crippen MR) is 103 cm³/mol. The van der Waals surface area contributed by atoms with E-state index in [1.165, 1.54) is 32.1 Å². The highest BCUT2D eigenvalue weighted by atomic mass is 79.9. The minimum absolute atomic E-state index is 0.0965. The third-order valence-corrected chi connectivity index (χ3v) is 5.60. The highest BCUT2D eigenvalue weighted by Crippen LogP contribution is 2.32. The molecular formula is C17H21BrN4OS. The minimum Gasteiger partial charge on any atom is -0.492 e. The summed E-state index contributed by atoms with van der Waals surface area (Å²) >= 11 is 4.57. The van der Waals surface area contributed by atoms with Gasteiger partial charge in [0.2, 0.25) is 5.88 Å². The van der Waals surface area contributed by atoms with Gasteiger partial charge in [-0.3, -0.25) is 5.41 Å². The van der Waals surface area contributed by atoms with E-state index in [2.05, 4.69) is 30.9 Å². The van der Waals surface area contributed by atoms with Crippen molar-refractivity contribution in [2.75, 3.05) is 11.9 Å². The summed E-state index contributed by atoms with van der Waals surface area (Å²) in [4.78, 5) is 0. The lowest BCUT2D eigenvalue weighted by molar-refractivity contribution is 0.356. The third-order valence-electron chi connectivity index (χ3n) is 4.32. The number of halogens is 1. The van der Waals surface area contributed by atoms with Crippen molar-refractivity contribution in [3.05, 3.63) is 34.3 Å². The topological polar surface area (TPSA) is 81.0 Å². The smallest absolute Gasteiger partial charge is 0.236 e. The molecule has 1 heterocycles. The molecule has 4 N–H and O–H groups in total. The number of nitrogens with zero attached hydrogens (tertiary/aromatic N) is 1. The Bertz CT molecular complexity index is 695. The quantitative estimate of drug-likeness (QED) is 0.420. The average Bonchev–Trinajstić information content (AvgIpc) is 2.96. The summed E-state index contributed by atoms with van der Waals surface area (Å²) < 4.78 is 4.99. The van der Waals surface area contributed by atoms with Gasteiger partial charge in [0.05, 0.1) is 0 Å². The molecule has 0 unspecified atom stereocenters. The van der Waals surface area contributed by atoms with Gasteiger partial charge in [-0.1, -0.05) is 35.2 Å². The molecule has 5 nitrogen and oxygen atoms in total. The number of amidine groups is 1. The largest absolute Gasteiger partial charge is 0.492 e. The Hall–Kier alpha value is -1.60. The van der Waals surface area contributed by atoms with E-state index in [1.54, 1.807) is 0 Å². The third kappa shape index (κ3) is 4.27. The van der Waals surface area contributed by atoms with Crippen LogP contribution in [-0.4, -0.2) is 21.9 Å². The molecule has 0 spiro atoms. The summed E-state index contributed by atoms with van der Waals surface area (Å²) in [5.74, 6) is 0.753. The monoisotopic (exact) mass is 408 g/mol. The van der Waals surface area contributed by atoms with Gasteiger partial charge < -0.3 is 15.7 Å². The summed E-state index contributed by atoms with van der Waals surface area (Å²) in [6, 6.07) is 7.75. The van der Waals surface area contributed by atoms with E-state index in [-0.39, 0.29) is 11.7 Å². The molecule has 24 heavy (non-hydrogen) atoms. The second-order valence-corrected chi connectivity index (χ2v) is 7.79. The van der Waals surface area contributed by atoms with Crippen LogP contribution in [0, 0.1) is 11.3 Å². The number of aromatic nitrogens is 1. The maximum Gasteiger partial charge on any atom is 0.236 e. The Balaban J connectivity index is 1.67. The van der Waals surface area contributed by atoms with E-state index in [0.717, 1.165) is 28.2 Å². The van der Waals surface area contributed by atoms with E-state index in [1.807, 2.05) is 24.3 Å². The van der Waals surface area contributed by atoms with E-state index < -0.39 is 0 Å². The van der Waals surface area contributed by atoms with Crippen LogP contribution in [-0.2, 0) is 0 Å². The highest BCUT2D eigenvalue weighted by Gasteiger charge is 2.20. The molecule has 1 aliphatic rings. The number of aromatic hydroxyl groups is 1. The normalized spacial score (nSPS) is 15.2. The Morgan fingerprint density at radius 3 is 2.67 bits per heavy atom. The van der Waals surface area contributed by atoms with Crippen molar-refractivity contribution in [3.63, 3.8) is 0 Å². The fourth-order valence-electron chi connectivity index (χ4n) is 2.98. The van der Waals surface area contributed by atoms with Crippen molar-refractivity contribution in [2.45, 2.75) is 32.1 Å². The average molecular weight is 409 g/mol. The van der Waals surface area contributed by atoms with Gasteiger partial charge in [-0.25, -0.2) is 0 Å². The number of rotatable bonds is 5. The standard InChI is InChI=1S/C17H21BrN4OS/c18-12-6-8-13(9-7-12)21-17-14(16(23)22-24-17)15(19)20-10-11-4-2-1-3-5-11/h6-9,11,21H,1-5,10H2,(H2,19,20)(H,22,23). The Morgan fingerprint density at radius 2 is 1.96 bits per heavy atom. The lowest BCUT2D eigenvalue weighted by Crippen LogP contribution is -2.30. The van der Waals surface area contributed by atoms with E-state index in [9.17, 15) is 5.11 Å². The van der Waals surface area contributed by atoms with Crippen molar-refractivity contribution in [1.82, 2.24) is 9.69 Å². The Kier molecular flexibility index (Phi) is 5.73. The SMILES string of the molecule is N=C(NCC1CCCCC1)c1c(O)nsc1Nc1ccc(Br)cc1. The predicted octanol–water partition coefficient (Wildman–Crippen LogP) is 4.85. The fraction of sp³-hybridized carbons (Fsp3) is 0.412. The van der Waals surface area contributed by atoms with Gasteiger partial charge in [-0.15, -0.1) is 0 Å². The number of anilines is 2. The molecule has 1 aliphatic carbocycles. The van der Waals surface area contributed by atoms with Crippen LogP contribution < -0.4 is 10.6 Å². The first-order valence-corrected chi connectivity index (χ1v) is 9.74. The summed E-state index contributed by atoms with van der Waals surface area (Å²) in [5.41, 5.74) is 1.34. The summed E-state index contributed by atoms with van der Waals surface area (Å²) in [6.07, 6.45) is 6.32. The van der Waals surface area contributed by atoms with Gasteiger partial charge in [0, 0.05) is 16.7 Å². The molecule has 7 heteroatoms. The second kappa shape index (κ2) is 7.98. The molecule has 0 bridgehead atoms. The van der Waals surface area contributed by atoms with Crippen LogP contribution in [0.15, 0.2) is 28.7 Å². The van der Waals surface area contributed by atoms with Crippen LogP contribution in [0.3, 0.4) is 0 Å². The van der Waals surface area contributed by atoms with Gasteiger partial charge in [-0.05, 0) is 54.6 Å². The Labute approximate surface area is 154 Å². The fourth-order valence-corrected chi connectivity index (χ4v) is 3.96. The molecular weight excluding hydrogens is 388 g/mol. The number of nitrogens with one attached hydrogen (secondary N) is 3. The molecule has 0 saturated heterocycles. The lowest BCUT2D eigenvalue weighted by atomic mass is 9.89. The number of hydrogen-bond donors (Lipinski definition) is 4. The summed E-state index contributed by atoms with van der Waals surface area (Å²) in [5, 5.41) is 25.4. The van der Waals surface area contributed by atoms with Crippen LogP contribution in [0.5, 0.6) is 5.88 Å². The molecule has 3 rings (SSSR count). The van der Waals surface area contributed by atoms with Crippen molar-refractivity contribution in [3.8, 4) is 5.88 Å². The van der Waals surface area contributed by atoms with Gasteiger partial charge in [0.15, 0.2) is 0 Å². The zero-order chi connectivity index (χ0) is 16.9. The zero-order valence-corrected chi connectivity index (χ0v) is 15.7. The van der Waals surface area contributed by atoms with Crippen LogP contribution in [0.1, 0.15) is 37.7 Å². The zero-order valence-electron chi connectivity index (χ0n) is 13.3. The van der Waals surface area contributed by atoms with Gasteiger partial charge >= 0.3 is 0 Å². The molecule has 0 atom stereocenters. The molecule has 1 aromatic heterocycles. The molecule has 128 valence electrons. The molecule has 1 fully saturated rings. The van der Waals surface area contributed by atoms with Gasteiger partial charge in [-0.2, -0.15) is 4.37 Å². The maximum atomic E-state index is 10.0. The molecule has 2 aromatic rings. The molecule has 0 radical (unpaired) electrons. The van der Waals surface area contributed by atoms with E-state index in [0.29, 0.717) is 16.5 Å². The molecule has 0 aliphatic heterocycles. The molecule has 1 aromatic carbocycles. The minimum atomic E-state index is -0.0965. The Morgan fingerprint density at radius 1 is 1.25 bits per heavy atom. The van der Waals surface area contributed by atoms with Crippen LogP contribution in [0.4, 0.5) is 10.7 Å². The van der Waals surface area contributed by atoms with E-state index >= 15 is 0 Å². The van der Waals surface area contributed by atoms with Crippen LogP contribution >= 0.6 is 27.5 Å². The molecule has 1 saturated carbocycles. The first-order chi connectivity index (χ1) is 11.6. The lowest BCUT2D eigenvalue weighted by Gasteiger charge is -2.22. The van der Waals surface area contributed by atoms with Crippen LogP contribution in [0.2, 0.25) is 0 Å². The first-order valence-electron chi connectivity index (χ1n) is 8.17.